The topological polar surface area (TPSA) is 84.9 Å². The molecule has 0 heterocycles. The first-order valence-corrected chi connectivity index (χ1v) is 8.54. The maximum absolute atomic E-state index is 12.5. The molecule has 0 aromatic heterocycles. The van der Waals surface area contributed by atoms with E-state index in [0.717, 1.165) is 19.3 Å². The van der Waals surface area contributed by atoms with Crippen molar-refractivity contribution in [1.29, 1.82) is 0 Å². The molecule has 2 N–H and O–H groups in total. The van der Waals surface area contributed by atoms with E-state index in [1.165, 1.54) is 37.4 Å². The summed E-state index contributed by atoms with van der Waals surface area (Å²) in [6.07, 6.45) is 3.16. The Morgan fingerprint density at radius 3 is 2.38 bits per heavy atom. The van der Waals surface area contributed by atoms with Crippen LogP contribution in [-0.4, -0.2) is 30.2 Å². The predicted octanol–water partition coefficient (Wildman–Crippen LogP) is 4.23. The Hall–Kier alpha value is -2.73. The van der Waals surface area contributed by atoms with Gasteiger partial charge in [0.1, 0.15) is 0 Å². The van der Waals surface area contributed by atoms with Crippen LogP contribution in [0, 0.1) is 0 Å². The van der Waals surface area contributed by atoms with E-state index in [9.17, 15) is 9.59 Å². The molecular formula is C19H18ClNO5. The minimum Gasteiger partial charge on any atom is -0.491 e. The number of benzene rings is 2. The van der Waals surface area contributed by atoms with Crippen LogP contribution in [0.4, 0.5) is 5.69 Å². The molecule has 136 valence electrons. The Morgan fingerprint density at radius 1 is 1.15 bits per heavy atom. The summed E-state index contributed by atoms with van der Waals surface area (Å²) < 4.78 is 11.2. The van der Waals surface area contributed by atoms with Crippen molar-refractivity contribution in [3.63, 3.8) is 0 Å². The normalized spacial score (nSPS) is 13.6. The fourth-order valence-corrected chi connectivity index (χ4v) is 2.84. The maximum Gasteiger partial charge on any atom is 0.335 e. The summed E-state index contributed by atoms with van der Waals surface area (Å²) in [5.74, 6) is -0.560. The largest absolute Gasteiger partial charge is 0.491 e. The molecule has 0 aliphatic heterocycles. The number of halogens is 1. The first-order chi connectivity index (χ1) is 12.5. The highest BCUT2D eigenvalue weighted by molar-refractivity contribution is 6.32. The number of anilines is 1. The van der Waals surface area contributed by atoms with E-state index >= 15 is 0 Å². The molecule has 7 heteroatoms. The molecule has 26 heavy (non-hydrogen) atoms. The van der Waals surface area contributed by atoms with E-state index in [0.29, 0.717) is 22.7 Å². The quantitative estimate of drug-likeness (QED) is 0.789. The Bertz CT molecular complexity index is 831. The number of nitrogens with one attached hydrogen (secondary N) is 1. The van der Waals surface area contributed by atoms with Crippen LogP contribution < -0.4 is 14.8 Å². The standard InChI is InChI=1S/C19H18ClNO5/c1-25-17-15(20)9-12(10-16(17)26-14-3-2-4-14)18(22)21-13-7-5-11(6-8-13)19(23)24/h5-10,14H,2-4H2,1H3,(H,21,22)(H,23,24). The number of rotatable bonds is 6. The third-order valence-corrected chi connectivity index (χ3v) is 4.49. The molecule has 1 aliphatic carbocycles. The molecule has 3 rings (SSSR count). The van der Waals surface area contributed by atoms with Gasteiger partial charge in [0.15, 0.2) is 11.5 Å². The highest BCUT2D eigenvalue weighted by Crippen LogP contribution is 2.39. The number of carbonyl (C=O) groups is 2. The van der Waals surface area contributed by atoms with Crippen LogP contribution in [0.15, 0.2) is 36.4 Å². The van der Waals surface area contributed by atoms with Gasteiger partial charge >= 0.3 is 5.97 Å². The first kappa shape index (κ1) is 18.1. The van der Waals surface area contributed by atoms with E-state index in [2.05, 4.69) is 5.32 Å². The molecule has 0 saturated heterocycles. The molecule has 2 aromatic rings. The number of hydrogen-bond acceptors (Lipinski definition) is 4. The summed E-state index contributed by atoms with van der Waals surface area (Å²) in [6, 6.07) is 9.00. The van der Waals surface area contributed by atoms with Gasteiger partial charge in [-0.1, -0.05) is 11.6 Å². The molecule has 1 amide bonds. The number of ether oxygens (including phenoxy) is 2. The van der Waals surface area contributed by atoms with Gasteiger partial charge in [-0.15, -0.1) is 0 Å². The van der Waals surface area contributed by atoms with E-state index in [1.807, 2.05) is 0 Å². The van der Waals surface area contributed by atoms with Crippen molar-refractivity contribution in [3.8, 4) is 11.5 Å². The van der Waals surface area contributed by atoms with Crippen LogP contribution in [0.5, 0.6) is 11.5 Å². The second-order valence-corrected chi connectivity index (χ2v) is 6.40. The fourth-order valence-electron chi connectivity index (χ4n) is 2.55. The smallest absolute Gasteiger partial charge is 0.335 e. The van der Waals surface area contributed by atoms with Crippen molar-refractivity contribution >= 4 is 29.2 Å². The first-order valence-electron chi connectivity index (χ1n) is 8.17. The lowest BCUT2D eigenvalue weighted by molar-refractivity contribution is 0.0696. The molecule has 1 fully saturated rings. The molecule has 0 radical (unpaired) electrons. The van der Waals surface area contributed by atoms with Gasteiger partial charge in [0.2, 0.25) is 0 Å². The van der Waals surface area contributed by atoms with Crippen LogP contribution in [0.3, 0.4) is 0 Å². The van der Waals surface area contributed by atoms with E-state index in [4.69, 9.17) is 26.2 Å². The Morgan fingerprint density at radius 2 is 1.85 bits per heavy atom. The summed E-state index contributed by atoms with van der Waals surface area (Å²) in [7, 11) is 1.50. The van der Waals surface area contributed by atoms with Gasteiger partial charge in [-0.25, -0.2) is 4.79 Å². The van der Waals surface area contributed by atoms with Crippen LogP contribution in [0.25, 0.3) is 0 Å². The molecule has 6 nitrogen and oxygen atoms in total. The van der Waals surface area contributed by atoms with Gasteiger partial charge in [-0.3, -0.25) is 4.79 Å². The zero-order valence-electron chi connectivity index (χ0n) is 14.1. The average molecular weight is 376 g/mol. The number of carbonyl (C=O) groups excluding carboxylic acids is 1. The van der Waals surface area contributed by atoms with E-state index < -0.39 is 5.97 Å². The monoisotopic (exact) mass is 375 g/mol. The molecular weight excluding hydrogens is 358 g/mol. The molecule has 0 bridgehead atoms. The summed E-state index contributed by atoms with van der Waals surface area (Å²) in [5, 5.41) is 11.9. The van der Waals surface area contributed by atoms with Gasteiger partial charge in [-0.2, -0.15) is 0 Å². The SMILES string of the molecule is COc1c(Cl)cc(C(=O)Nc2ccc(C(=O)O)cc2)cc1OC1CCC1. The van der Waals surface area contributed by atoms with Gasteiger partial charge in [0.05, 0.1) is 23.8 Å². The van der Waals surface area contributed by atoms with Crippen molar-refractivity contribution in [2.45, 2.75) is 25.4 Å². The van der Waals surface area contributed by atoms with Gasteiger partial charge in [0, 0.05) is 11.3 Å². The second-order valence-electron chi connectivity index (χ2n) is 6.00. The summed E-state index contributed by atoms with van der Waals surface area (Å²) in [5.41, 5.74) is 0.951. The summed E-state index contributed by atoms with van der Waals surface area (Å²) in [6.45, 7) is 0. The third-order valence-electron chi connectivity index (χ3n) is 4.21. The number of amides is 1. The van der Waals surface area contributed by atoms with Crippen LogP contribution >= 0.6 is 11.6 Å². The molecule has 0 spiro atoms. The fraction of sp³-hybridized carbons (Fsp3) is 0.263. The van der Waals surface area contributed by atoms with Crippen molar-refractivity contribution in [2.75, 3.05) is 12.4 Å². The Labute approximate surface area is 155 Å². The number of carboxylic acids is 1. The second kappa shape index (κ2) is 7.66. The summed E-state index contributed by atoms with van der Waals surface area (Å²) in [4.78, 5) is 23.4. The third kappa shape index (κ3) is 3.91. The maximum atomic E-state index is 12.5. The molecule has 0 atom stereocenters. The van der Waals surface area contributed by atoms with Crippen LogP contribution in [0.2, 0.25) is 5.02 Å². The number of aromatic carboxylic acids is 1. The van der Waals surface area contributed by atoms with Crippen molar-refractivity contribution in [1.82, 2.24) is 0 Å². The zero-order valence-corrected chi connectivity index (χ0v) is 14.9. The van der Waals surface area contributed by atoms with E-state index in [-0.39, 0.29) is 22.6 Å². The molecule has 1 saturated carbocycles. The van der Waals surface area contributed by atoms with Gasteiger partial charge in [-0.05, 0) is 55.7 Å². The minimum atomic E-state index is -1.03. The lowest BCUT2D eigenvalue weighted by atomic mass is 9.96. The van der Waals surface area contributed by atoms with Gasteiger partial charge in [0.25, 0.3) is 5.91 Å². The number of hydrogen-bond donors (Lipinski definition) is 2. The minimum absolute atomic E-state index is 0.113. The molecule has 1 aliphatic rings. The van der Waals surface area contributed by atoms with E-state index in [1.54, 1.807) is 6.07 Å². The lowest BCUT2D eigenvalue weighted by Gasteiger charge is -2.27. The Balaban J connectivity index is 1.80. The molecule has 0 unspecified atom stereocenters. The summed E-state index contributed by atoms with van der Waals surface area (Å²) >= 11 is 6.23. The molecule has 2 aromatic carbocycles. The predicted molar refractivity (Wildman–Crippen MR) is 97.6 cm³/mol. The van der Waals surface area contributed by atoms with Crippen LogP contribution in [-0.2, 0) is 0 Å². The number of carboxylic acid groups (broad SMARTS) is 1. The van der Waals surface area contributed by atoms with Crippen molar-refractivity contribution in [2.24, 2.45) is 0 Å². The highest BCUT2D eigenvalue weighted by Gasteiger charge is 2.23. The average Bonchev–Trinajstić information content (AvgIpc) is 2.58. The van der Waals surface area contributed by atoms with Crippen LogP contribution in [0.1, 0.15) is 40.0 Å². The Kier molecular flexibility index (Phi) is 5.32. The van der Waals surface area contributed by atoms with Gasteiger partial charge < -0.3 is 19.9 Å². The zero-order chi connectivity index (χ0) is 18.7. The van der Waals surface area contributed by atoms with Crippen molar-refractivity contribution < 1.29 is 24.2 Å². The number of methoxy groups -OCH3 is 1. The highest BCUT2D eigenvalue weighted by atomic mass is 35.5. The van der Waals surface area contributed by atoms with Crippen molar-refractivity contribution in [3.05, 3.63) is 52.5 Å². The lowest BCUT2D eigenvalue weighted by Crippen LogP contribution is -2.25.